The summed E-state index contributed by atoms with van der Waals surface area (Å²) < 4.78 is 17.7. The fourth-order valence-electron chi connectivity index (χ4n) is 3.28. The molecule has 3 atom stereocenters. The molecular formula is C15H23N2O8P. The number of carboxylic acids is 1. The molecule has 26 heavy (non-hydrogen) atoms. The topological polar surface area (TPSA) is 159 Å². The fourth-order valence-corrected chi connectivity index (χ4v) is 3.85. The number of aromatic nitrogens is 2. The van der Waals surface area contributed by atoms with Crippen LogP contribution in [0.1, 0.15) is 31.2 Å². The maximum Gasteiger partial charge on any atom is 0.365 e. The highest BCUT2D eigenvalue weighted by Gasteiger charge is 2.38. The molecule has 11 heteroatoms. The summed E-state index contributed by atoms with van der Waals surface area (Å²) in [5, 5.41) is 8.94. The van der Waals surface area contributed by atoms with Crippen molar-refractivity contribution in [3.8, 4) is 0 Å². The molecule has 0 aliphatic heterocycles. The average Bonchev–Trinajstić information content (AvgIpc) is 2.52. The van der Waals surface area contributed by atoms with Gasteiger partial charge in [-0.25, -0.2) is 9.59 Å². The summed E-state index contributed by atoms with van der Waals surface area (Å²) in [5.41, 5.74) is -0.564. The van der Waals surface area contributed by atoms with Crippen LogP contribution >= 0.6 is 7.60 Å². The number of carboxylic acid groups (broad SMARTS) is 1. The number of aromatic amines is 1. The van der Waals surface area contributed by atoms with E-state index >= 15 is 0 Å². The highest BCUT2D eigenvalue weighted by molar-refractivity contribution is 7.53. The number of aryl methyl sites for hydroxylation is 1. The van der Waals surface area contributed by atoms with E-state index < -0.39 is 30.7 Å². The summed E-state index contributed by atoms with van der Waals surface area (Å²) in [4.78, 5) is 54.9. The van der Waals surface area contributed by atoms with E-state index in [4.69, 9.17) is 19.6 Å². The first-order valence-electron chi connectivity index (χ1n) is 8.29. The Morgan fingerprint density at radius 3 is 2.54 bits per heavy atom. The third-order valence-electron chi connectivity index (χ3n) is 4.67. The Hall–Kier alpha value is -1.74. The van der Waals surface area contributed by atoms with Crippen molar-refractivity contribution < 1.29 is 29.0 Å². The van der Waals surface area contributed by atoms with Gasteiger partial charge >= 0.3 is 19.3 Å². The number of H-pyrrole nitrogens is 1. The molecule has 4 N–H and O–H groups in total. The maximum absolute atomic E-state index is 12.0. The lowest BCUT2D eigenvalue weighted by Gasteiger charge is -2.32. The van der Waals surface area contributed by atoms with Crippen molar-refractivity contribution in [2.75, 3.05) is 6.61 Å². The zero-order valence-electron chi connectivity index (χ0n) is 14.3. The lowest BCUT2D eigenvalue weighted by molar-refractivity contribution is -0.147. The second-order valence-electron chi connectivity index (χ2n) is 6.64. The van der Waals surface area contributed by atoms with Gasteiger partial charge in [0, 0.05) is 18.3 Å². The predicted molar refractivity (Wildman–Crippen MR) is 90.9 cm³/mol. The van der Waals surface area contributed by atoms with E-state index in [1.54, 1.807) is 6.92 Å². The molecule has 1 aliphatic rings. The van der Waals surface area contributed by atoms with Gasteiger partial charge in [-0.2, -0.15) is 0 Å². The second kappa shape index (κ2) is 8.30. The van der Waals surface area contributed by atoms with Crippen molar-refractivity contribution in [3.63, 3.8) is 0 Å². The predicted octanol–water partition coefficient (Wildman–Crippen LogP) is 0.256. The largest absolute Gasteiger partial charge is 0.479 e. The van der Waals surface area contributed by atoms with E-state index in [1.807, 2.05) is 0 Å². The highest BCUT2D eigenvalue weighted by Crippen LogP contribution is 2.43. The van der Waals surface area contributed by atoms with E-state index in [9.17, 15) is 18.9 Å². The Morgan fingerprint density at radius 2 is 1.96 bits per heavy atom. The van der Waals surface area contributed by atoms with Gasteiger partial charge in [0.1, 0.15) is 0 Å². The molecule has 0 aromatic carbocycles. The van der Waals surface area contributed by atoms with Crippen molar-refractivity contribution in [1.82, 2.24) is 9.55 Å². The van der Waals surface area contributed by atoms with Gasteiger partial charge in [0.2, 0.25) is 0 Å². The molecule has 0 spiro atoms. The number of carbonyl (C=O) groups is 1. The van der Waals surface area contributed by atoms with Crippen LogP contribution in [-0.2, 0) is 20.6 Å². The number of hydrogen-bond acceptors (Lipinski definition) is 5. The lowest BCUT2D eigenvalue weighted by Crippen LogP contribution is -2.36. The Balaban J connectivity index is 2.11. The van der Waals surface area contributed by atoms with Crippen molar-refractivity contribution in [3.05, 3.63) is 32.6 Å². The molecule has 1 aromatic heterocycles. The molecule has 1 fully saturated rings. The van der Waals surface area contributed by atoms with Gasteiger partial charge in [0.25, 0.3) is 11.4 Å². The summed E-state index contributed by atoms with van der Waals surface area (Å²) in [7, 11) is -4.92. The quantitative estimate of drug-likeness (QED) is 0.482. The Kier molecular flexibility index (Phi) is 6.57. The molecule has 1 aromatic rings. The van der Waals surface area contributed by atoms with Crippen LogP contribution in [0.2, 0.25) is 0 Å². The first-order valence-corrected chi connectivity index (χ1v) is 9.97. The zero-order chi connectivity index (χ0) is 19.5. The molecule has 2 rings (SSSR count). The molecule has 0 saturated heterocycles. The SMILES string of the molecule is Cc1cn(CC2CCCCC2COC(C(=O)O)P(=O)(O)O)c(=O)[nH]c1=O. The average molecular weight is 390 g/mol. The molecule has 0 bridgehead atoms. The van der Waals surface area contributed by atoms with Crippen LogP contribution in [-0.4, -0.2) is 42.9 Å². The normalized spacial score (nSPS) is 22.1. The van der Waals surface area contributed by atoms with Crippen molar-refractivity contribution >= 4 is 13.6 Å². The lowest BCUT2D eigenvalue weighted by atomic mass is 9.79. The maximum atomic E-state index is 12.0. The van der Waals surface area contributed by atoms with E-state index in [1.165, 1.54) is 10.8 Å². The van der Waals surface area contributed by atoms with E-state index in [0.29, 0.717) is 18.5 Å². The minimum Gasteiger partial charge on any atom is -0.479 e. The van der Waals surface area contributed by atoms with Crippen LogP contribution in [0, 0.1) is 18.8 Å². The Morgan fingerprint density at radius 1 is 1.35 bits per heavy atom. The first-order chi connectivity index (χ1) is 12.1. The molecule has 10 nitrogen and oxygen atoms in total. The van der Waals surface area contributed by atoms with Gasteiger partial charge in [-0.3, -0.25) is 14.3 Å². The zero-order valence-corrected chi connectivity index (χ0v) is 15.2. The van der Waals surface area contributed by atoms with Crippen LogP contribution in [0.25, 0.3) is 0 Å². The van der Waals surface area contributed by atoms with Crippen molar-refractivity contribution in [2.24, 2.45) is 11.8 Å². The van der Waals surface area contributed by atoms with Gasteiger partial charge in [-0.15, -0.1) is 0 Å². The summed E-state index contributed by atoms with van der Waals surface area (Å²) in [6.45, 7) is 1.79. The summed E-state index contributed by atoms with van der Waals surface area (Å²) in [6, 6.07) is 0. The van der Waals surface area contributed by atoms with Crippen LogP contribution in [0.3, 0.4) is 0 Å². The third kappa shape index (κ3) is 5.14. The van der Waals surface area contributed by atoms with E-state index in [0.717, 1.165) is 19.3 Å². The summed E-state index contributed by atoms with van der Waals surface area (Å²) >= 11 is 0. The van der Waals surface area contributed by atoms with Crippen molar-refractivity contribution in [1.29, 1.82) is 0 Å². The highest BCUT2D eigenvalue weighted by atomic mass is 31.2. The van der Waals surface area contributed by atoms with Crippen LogP contribution < -0.4 is 11.2 Å². The Labute approximate surface area is 149 Å². The molecule has 1 aliphatic carbocycles. The van der Waals surface area contributed by atoms with Gasteiger partial charge in [-0.05, 0) is 31.6 Å². The van der Waals surface area contributed by atoms with Crippen LogP contribution in [0.4, 0.5) is 0 Å². The second-order valence-corrected chi connectivity index (χ2v) is 8.29. The first kappa shape index (κ1) is 20.6. The smallest absolute Gasteiger partial charge is 0.365 e. The van der Waals surface area contributed by atoms with Crippen molar-refractivity contribution in [2.45, 2.75) is 45.0 Å². The number of nitrogens with one attached hydrogen (secondary N) is 1. The van der Waals surface area contributed by atoms with Gasteiger partial charge in [0.15, 0.2) is 0 Å². The molecule has 0 radical (unpaired) electrons. The molecular weight excluding hydrogens is 367 g/mol. The summed E-state index contributed by atoms with van der Waals surface area (Å²) in [5.74, 6) is -4.07. The number of aliphatic carboxylic acids is 1. The minimum absolute atomic E-state index is 0.0297. The van der Waals surface area contributed by atoms with E-state index in [2.05, 4.69) is 4.98 Å². The van der Waals surface area contributed by atoms with Gasteiger partial charge < -0.3 is 24.2 Å². The number of ether oxygens (including phenoxy) is 1. The minimum atomic E-state index is -4.92. The third-order valence-corrected chi connectivity index (χ3v) is 5.65. The van der Waals surface area contributed by atoms with Crippen LogP contribution in [0.15, 0.2) is 15.8 Å². The Bertz CT molecular complexity index is 811. The summed E-state index contributed by atoms with van der Waals surface area (Å²) in [6.07, 6.45) is 4.77. The number of nitrogens with zero attached hydrogens (tertiary/aromatic N) is 1. The van der Waals surface area contributed by atoms with Crippen LogP contribution in [0.5, 0.6) is 0 Å². The number of rotatable bonds is 7. The molecule has 0 amide bonds. The van der Waals surface area contributed by atoms with Gasteiger partial charge in [-0.1, -0.05) is 12.8 Å². The van der Waals surface area contributed by atoms with Gasteiger partial charge in [0.05, 0.1) is 6.61 Å². The fraction of sp³-hybridized carbons (Fsp3) is 0.667. The monoisotopic (exact) mass is 390 g/mol. The van der Waals surface area contributed by atoms with E-state index in [-0.39, 0.29) is 18.4 Å². The molecule has 1 saturated carbocycles. The number of hydrogen-bond donors (Lipinski definition) is 4. The molecule has 146 valence electrons. The standard InChI is InChI=1S/C15H23N2O8P/c1-9-6-17(15(21)16-12(9)18)7-10-4-2-3-5-11(10)8-25-14(13(19)20)26(22,23)24/h6,10-11,14H,2-5,7-8H2,1H3,(H,19,20)(H,16,18,21)(H2,22,23,24). The molecule has 1 heterocycles. The molecule has 3 unspecified atom stereocenters.